The highest BCUT2D eigenvalue weighted by Gasteiger charge is 2.48. The Bertz CT molecular complexity index is 1040. The second kappa shape index (κ2) is 8.94. The molecular weight excluding hydrogens is 440 g/mol. The Labute approximate surface area is 188 Å². The molecule has 11 nitrogen and oxygen atoms in total. The van der Waals surface area contributed by atoms with Gasteiger partial charge in [0.2, 0.25) is 6.29 Å². The van der Waals surface area contributed by atoms with E-state index >= 15 is 0 Å². The molecular formula is C22H24O11. The lowest BCUT2D eigenvalue weighted by atomic mass is 9.96. The molecule has 0 aromatic heterocycles. The fourth-order valence-corrected chi connectivity index (χ4v) is 3.94. The van der Waals surface area contributed by atoms with Crippen molar-refractivity contribution in [2.24, 2.45) is 0 Å². The second-order valence-corrected chi connectivity index (χ2v) is 7.85. The average Bonchev–Trinajstić information content (AvgIpc) is 2.78. The van der Waals surface area contributed by atoms with E-state index < -0.39 is 42.8 Å². The molecule has 6 atom stereocenters. The molecule has 1 fully saturated rings. The number of ether oxygens (including phenoxy) is 4. The molecule has 2 aliphatic rings. The van der Waals surface area contributed by atoms with Crippen LogP contribution in [0.1, 0.15) is 23.7 Å². The number of phenols is 2. The molecule has 0 saturated carbocycles. The average molecular weight is 464 g/mol. The van der Waals surface area contributed by atoms with Gasteiger partial charge in [-0.25, -0.2) is 4.79 Å². The molecule has 6 N–H and O–H groups in total. The number of benzene rings is 2. The Balaban J connectivity index is 1.56. The Morgan fingerprint density at radius 3 is 2.45 bits per heavy atom. The minimum Gasteiger partial charge on any atom is -0.507 e. The van der Waals surface area contributed by atoms with E-state index in [0.29, 0.717) is 29.7 Å². The van der Waals surface area contributed by atoms with Crippen LogP contribution in [0.4, 0.5) is 0 Å². The third kappa shape index (κ3) is 4.35. The number of aliphatic hydroxyl groups excluding tert-OH is 3. The van der Waals surface area contributed by atoms with E-state index in [1.165, 1.54) is 25.3 Å². The summed E-state index contributed by atoms with van der Waals surface area (Å²) < 4.78 is 21.7. The van der Waals surface area contributed by atoms with E-state index in [1.54, 1.807) is 12.1 Å². The van der Waals surface area contributed by atoms with Crippen LogP contribution in [0.3, 0.4) is 0 Å². The van der Waals surface area contributed by atoms with Crippen molar-refractivity contribution in [3.8, 4) is 28.7 Å². The number of hydrogen-bond donors (Lipinski definition) is 6. The minimum atomic E-state index is -1.85. The highest BCUT2D eigenvalue weighted by Crippen LogP contribution is 2.43. The number of rotatable bonds is 5. The molecule has 0 aliphatic carbocycles. The van der Waals surface area contributed by atoms with Gasteiger partial charge in [-0.2, -0.15) is 0 Å². The van der Waals surface area contributed by atoms with Gasteiger partial charge in [0.05, 0.1) is 7.11 Å². The fourth-order valence-electron chi connectivity index (χ4n) is 3.94. The summed E-state index contributed by atoms with van der Waals surface area (Å²) in [6, 6.07) is 7.58. The van der Waals surface area contributed by atoms with Crippen LogP contribution in [0.25, 0.3) is 0 Å². The van der Waals surface area contributed by atoms with Gasteiger partial charge < -0.3 is 49.6 Å². The molecule has 4 rings (SSSR count). The molecule has 0 radical (unpaired) electrons. The molecule has 0 amide bonds. The van der Waals surface area contributed by atoms with Crippen molar-refractivity contribution in [1.82, 2.24) is 0 Å². The maximum atomic E-state index is 11.3. The van der Waals surface area contributed by atoms with Gasteiger partial charge >= 0.3 is 5.97 Å². The minimum absolute atomic E-state index is 0.0127. The summed E-state index contributed by atoms with van der Waals surface area (Å²) in [6.45, 7) is 0. The molecule has 2 heterocycles. The number of carbonyl (C=O) groups is 1. The number of fused-ring (bicyclic) bond motifs is 1. The van der Waals surface area contributed by atoms with Gasteiger partial charge in [0.1, 0.15) is 41.7 Å². The van der Waals surface area contributed by atoms with Gasteiger partial charge in [-0.3, -0.25) is 0 Å². The molecule has 1 unspecified atom stereocenters. The first-order valence-corrected chi connectivity index (χ1v) is 10.2. The summed E-state index contributed by atoms with van der Waals surface area (Å²) in [5.41, 5.74) is 1.22. The standard InChI is InChI=1S/C22H24O11/c1-30-15-4-2-9(6-13(15)24)14-5-3-11-12(23)7-10(8-16(11)32-14)31-22-19(27)17(25)18(26)20(33-22)21(28)29/h2,4,6-8,14,17-20,22-27H,3,5H2,1H3,(H,28,29)/t14-,17-,18-,19+,20-,22?/m0/s1. The van der Waals surface area contributed by atoms with Crippen LogP contribution >= 0.6 is 0 Å². The SMILES string of the molecule is COc1ccc([C@@H]2CCc3c(O)cc(OC4O[C@H](C(=O)O)[C@@H](O)[C@H](O)[C@H]4O)cc3O2)cc1O. The second-order valence-electron chi connectivity index (χ2n) is 7.85. The summed E-state index contributed by atoms with van der Waals surface area (Å²) in [5, 5.41) is 59.6. The van der Waals surface area contributed by atoms with Gasteiger partial charge in [-0.1, -0.05) is 6.07 Å². The molecule has 2 aromatic rings. The maximum Gasteiger partial charge on any atom is 0.335 e. The summed E-state index contributed by atoms with van der Waals surface area (Å²) in [7, 11) is 1.44. The summed E-state index contributed by atoms with van der Waals surface area (Å²) in [6.07, 6.45) is -8.30. The number of phenolic OH excluding ortho intramolecular Hbond substituents is 2. The lowest BCUT2D eigenvalue weighted by molar-refractivity contribution is -0.271. The van der Waals surface area contributed by atoms with Crippen molar-refractivity contribution in [3.63, 3.8) is 0 Å². The van der Waals surface area contributed by atoms with Gasteiger partial charge in [-0.05, 0) is 30.5 Å². The first kappa shape index (κ1) is 22.9. The first-order chi connectivity index (χ1) is 15.7. The topological polar surface area (TPSA) is 175 Å². The van der Waals surface area contributed by atoms with Gasteiger partial charge in [0.25, 0.3) is 0 Å². The van der Waals surface area contributed by atoms with Crippen LogP contribution in [0.2, 0.25) is 0 Å². The third-order valence-corrected chi connectivity index (χ3v) is 5.72. The van der Waals surface area contributed by atoms with Gasteiger partial charge in [-0.15, -0.1) is 0 Å². The predicted octanol–water partition coefficient (Wildman–Crippen LogP) is 0.444. The Hall–Kier alpha value is -3.25. The number of hydrogen-bond acceptors (Lipinski definition) is 10. The lowest BCUT2D eigenvalue weighted by Crippen LogP contribution is -2.61. The molecule has 11 heteroatoms. The Morgan fingerprint density at radius 1 is 1.03 bits per heavy atom. The smallest absolute Gasteiger partial charge is 0.335 e. The molecule has 0 bridgehead atoms. The van der Waals surface area contributed by atoms with Crippen molar-refractivity contribution in [1.29, 1.82) is 0 Å². The van der Waals surface area contributed by atoms with Crippen LogP contribution in [0.5, 0.6) is 28.7 Å². The van der Waals surface area contributed by atoms with Crippen molar-refractivity contribution >= 4 is 5.97 Å². The van der Waals surface area contributed by atoms with Gasteiger partial charge in [0.15, 0.2) is 17.6 Å². The lowest BCUT2D eigenvalue weighted by Gasteiger charge is -2.38. The highest BCUT2D eigenvalue weighted by molar-refractivity contribution is 5.73. The number of aliphatic hydroxyl groups is 3. The summed E-state index contributed by atoms with van der Waals surface area (Å²) in [4.78, 5) is 11.3. The molecule has 178 valence electrons. The molecule has 0 spiro atoms. The van der Waals surface area contributed by atoms with Crippen LogP contribution in [0, 0.1) is 0 Å². The zero-order valence-electron chi connectivity index (χ0n) is 17.5. The van der Waals surface area contributed by atoms with E-state index in [2.05, 4.69) is 0 Å². The van der Waals surface area contributed by atoms with Crippen molar-refractivity contribution in [2.45, 2.75) is 49.7 Å². The number of methoxy groups -OCH3 is 1. The monoisotopic (exact) mass is 464 g/mol. The van der Waals surface area contributed by atoms with Crippen LogP contribution in [-0.2, 0) is 16.0 Å². The summed E-state index contributed by atoms with van der Waals surface area (Å²) in [5.74, 6) is -1.12. The highest BCUT2D eigenvalue weighted by atomic mass is 16.7. The number of carboxylic acid groups (broad SMARTS) is 1. The van der Waals surface area contributed by atoms with E-state index in [1.807, 2.05) is 0 Å². The fraction of sp³-hybridized carbons (Fsp3) is 0.409. The van der Waals surface area contributed by atoms with E-state index in [0.717, 1.165) is 0 Å². The van der Waals surface area contributed by atoms with E-state index in [4.69, 9.17) is 24.1 Å². The zero-order valence-corrected chi connectivity index (χ0v) is 17.5. The number of aromatic hydroxyl groups is 2. The Morgan fingerprint density at radius 2 is 1.79 bits per heavy atom. The maximum absolute atomic E-state index is 11.3. The molecule has 33 heavy (non-hydrogen) atoms. The van der Waals surface area contributed by atoms with Crippen LogP contribution in [0.15, 0.2) is 30.3 Å². The molecule has 2 aromatic carbocycles. The normalized spacial score (nSPS) is 29.0. The largest absolute Gasteiger partial charge is 0.507 e. The van der Waals surface area contributed by atoms with Crippen molar-refractivity contribution in [2.75, 3.05) is 7.11 Å². The molecule has 2 aliphatic heterocycles. The zero-order chi connectivity index (χ0) is 23.9. The van der Waals surface area contributed by atoms with Gasteiger partial charge in [0, 0.05) is 17.7 Å². The third-order valence-electron chi connectivity index (χ3n) is 5.72. The Kier molecular flexibility index (Phi) is 6.21. The summed E-state index contributed by atoms with van der Waals surface area (Å²) >= 11 is 0. The van der Waals surface area contributed by atoms with Crippen molar-refractivity contribution < 1.29 is 54.4 Å². The first-order valence-electron chi connectivity index (χ1n) is 10.2. The number of aliphatic carboxylic acids is 1. The van der Waals surface area contributed by atoms with E-state index in [-0.39, 0.29) is 23.0 Å². The van der Waals surface area contributed by atoms with Crippen LogP contribution < -0.4 is 14.2 Å². The van der Waals surface area contributed by atoms with Crippen molar-refractivity contribution in [3.05, 3.63) is 41.5 Å². The molecule has 1 saturated heterocycles. The van der Waals surface area contributed by atoms with E-state index in [9.17, 15) is 30.3 Å². The predicted molar refractivity (Wildman–Crippen MR) is 109 cm³/mol. The quantitative estimate of drug-likeness (QED) is 0.362. The number of carboxylic acids is 1. The van der Waals surface area contributed by atoms with Crippen LogP contribution in [-0.4, -0.2) is 74.4 Å².